The molecule has 0 atom stereocenters. The summed E-state index contributed by atoms with van der Waals surface area (Å²) in [6.07, 6.45) is 3.99. The minimum atomic E-state index is 0.0265. The lowest BCUT2D eigenvalue weighted by molar-refractivity contribution is 0.0928. The van der Waals surface area contributed by atoms with Crippen molar-refractivity contribution in [2.45, 2.75) is 37.1 Å². The molecule has 1 aromatic rings. The van der Waals surface area contributed by atoms with E-state index in [1.165, 1.54) is 0 Å². The second-order valence-corrected chi connectivity index (χ2v) is 4.91. The predicted molar refractivity (Wildman–Crippen MR) is 65.8 cm³/mol. The molecule has 1 N–H and O–H groups in total. The molecule has 0 aromatic heterocycles. The van der Waals surface area contributed by atoms with Gasteiger partial charge in [0.2, 0.25) is 0 Å². The highest BCUT2D eigenvalue weighted by Gasteiger charge is 2.21. The number of carbonyl (C=O) groups is 1. The molecule has 0 aliphatic heterocycles. The minimum absolute atomic E-state index is 0.0265. The van der Waals surface area contributed by atoms with Crippen LogP contribution >= 0.6 is 11.6 Å². The Balaban J connectivity index is 1.88. The summed E-state index contributed by atoms with van der Waals surface area (Å²) < 4.78 is 0. The van der Waals surface area contributed by atoms with E-state index < -0.39 is 0 Å². The van der Waals surface area contributed by atoms with Gasteiger partial charge in [-0.05, 0) is 37.8 Å². The molecular weight excluding hydrogens is 222 g/mol. The first-order chi connectivity index (χ1) is 7.75. The Morgan fingerprint density at radius 1 is 1.12 bits per heavy atom. The summed E-state index contributed by atoms with van der Waals surface area (Å²) in [5.41, 5.74) is 0.732. The fourth-order valence-electron chi connectivity index (χ4n) is 2.06. The van der Waals surface area contributed by atoms with E-state index in [-0.39, 0.29) is 5.91 Å². The Morgan fingerprint density at radius 2 is 1.75 bits per heavy atom. The van der Waals surface area contributed by atoms with Crippen LogP contribution in [0.1, 0.15) is 36.0 Å². The largest absolute Gasteiger partial charge is 0.349 e. The van der Waals surface area contributed by atoms with Gasteiger partial charge in [0.05, 0.1) is 0 Å². The molecule has 86 valence electrons. The standard InChI is InChI=1S/C13H16ClNO/c14-11-6-8-12(9-7-11)15-13(16)10-4-2-1-3-5-10/h1-5,11-12H,6-9H2,(H,15,16). The van der Waals surface area contributed by atoms with Crippen LogP contribution in [0.25, 0.3) is 0 Å². The van der Waals surface area contributed by atoms with Crippen molar-refractivity contribution < 1.29 is 4.79 Å². The van der Waals surface area contributed by atoms with Gasteiger partial charge in [0, 0.05) is 17.0 Å². The van der Waals surface area contributed by atoms with Crippen LogP contribution in [0.4, 0.5) is 0 Å². The first kappa shape index (κ1) is 11.5. The monoisotopic (exact) mass is 237 g/mol. The SMILES string of the molecule is O=C(NC1CCC(Cl)CC1)c1ccccc1. The molecule has 0 saturated heterocycles. The van der Waals surface area contributed by atoms with Crippen molar-refractivity contribution in [3.8, 4) is 0 Å². The van der Waals surface area contributed by atoms with E-state index in [0.717, 1.165) is 31.2 Å². The van der Waals surface area contributed by atoms with Crippen LogP contribution in [0.5, 0.6) is 0 Å². The number of hydrogen-bond donors (Lipinski definition) is 1. The van der Waals surface area contributed by atoms with E-state index in [4.69, 9.17) is 11.6 Å². The van der Waals surface area contributed by atoms with Gasteiger partial charge >= 0.3 is 0 Å². The quantitative estimate of drug-likeness (QED) is 0.788. The van der Waals surface area contributed by atoms with Crippen LogP contribution < -0.4 is 5.32 Å². The van der Waals surface area contributed by atoms with E-state index in [1.807, 2.05) is 30.3 Å². The van der Waals surface area contributed by atoms with E-state index in [2.05, 4.69) is 5.32 Å². The van der Waals surface area contributed by atoms with Crippen LogP contribution in [0.2, 0.25) is 0 Å². The molecular formula is C13H16ClNO. The number of nitrogens with one attached hydrogen (secondary N) is 1. The van der Waals surface area contributed by atoms with Crippen molar-refractivity contribution in [3.05, 3.63) is 35.9 Å². The Bertz CT molecular complexity index is 344. The molecule has 1 saturated carbocycles. The lowest BCUT2D eigenvalue weighted by Gasteiger charge is -2.25. The third kappa shape index (κ3) is 2.99. The van der Waals surface area contributed by atoms with Crippen molar-refractivity contribution in [3.63, 3.8) is 0 Å². The summed E-state index contributed by atoms with van der Waals surface area (Å²) in [6.45, 7) is 0. The Kier molecular flexibility index (Phi) is 3.83. The number of carbonyl (C=O) groups excluding carboxylic acids is 1. The van der Waals surface area contributed by atoms with E-state index in [0.29, 0.717) is 11.4 Å². The molecule has 3 heteroatoms. The number of alkyl halides is 1. The fourth-order valence-corrected chi connectivity index (χ4v) is 2.31. The van der Waals surface area contributed by atoms with Gasteiger partial charge in [0.25, 0.3) is 5.91 Å². The topological polar surface area (TPSA) is 29.1 Å². The first-order valence-corrected chi connectivity index (χ1v) is 6.19. The third-order valence-electron chi connectivity index (χ3n) is 3.03. The van der Waals surface area contributed by atoms with Crippen molar-refractivity contribution in [2.75, 3.05) is 0 Å². The molecule has 1 amide bonds. The molecule has 2 rings (SSSR count). The summed E-state index contributed by atoms with van der Waals surface area (Å²) >= 11 is 6.02. The minimum Gasteiger partial charge on any atom is -0.349 e. The zero-order valence-corrected chi connectivity index (χ0v) is 9.91. The second kappa shape index (κ2) is 5.35. The Hall–Kier alpha value is -1.02. The molecule has 2 nitrogen and oxygen atoms in total. The van der Waals surface area contributed by atoms with Crippen molar-refractivity contribution in [2.24, 2.45) is 0 Å². The maximum absolute atomic E-state index is 11.9. The molecule has 16 heavy (non-hydrogen) atoms. The molecule has 1 fully saturated rings. The molecule has 1 aliphatic carbocycles. The third-order valence-corrected chi connectivity index (χ3v) is 3.46. The first-order valence-electron chi connectivity index (χ1n) is 5.75. The van der Waals surface area contributed by atoms with Crippen LogP contribution in [0.3, 0.4) is 0 Å². The highest BCUT2D eigenvalue weighted by molar-refractivity contribution is 6.20. The number of hydrogen-bond acceptors (Lipinski definition) is 1. The number of halogens is 1. The van der Waals surface area contributed by atoms with Crippen molar-refractivity contribution >= 4 is 17.5 Å². The van der Waals surface area contributed by atoms with Crippen LogP contribution in [0.15, 0.2) is 30.3 Å². The van der Waals surface area contributed by atoms with Gasteiger partial charge in [0.1, 0.15) is 0 Å². The predicted octanol–water partition coefficient (Wildman–Crippen LogP) is 2.97. The Labute approximate surface area is 101 Å². The Morgan fingerprint density at radius 3 is 2.38 bits per heavy atom. The number of amides is 1. The summed E-state index contributed by atoms with van der Waals surface area (Å²) in [7, 11) is 0. The molecule has 0 unspecified atom stereocenters. The molecule has 0 bridgehead atoms. The highest BCUT2D eigenvalue weighted by atomic mass is 35.5. The average Bonchev–Trinajstić information content (AvgIpc) is 2.33. The summed E-state index contributed by atoms with van der Waals surface area (Å²) in [4.78, 5) is 11.9. The van der Waals surface area contributed by atoms with Crippen LogP contribution in [-0.4, -0.2) is 17.3 Å². The molecule has 0 spiro atoms. The fraction of sp³-hybridized carbons (Fsp3) is 0.462. The smallest absolute Gasteiger partial charge is 0.251 e. The molecule has 1 aliphatic rings. The number of rotatable bonds is 2. The number of benzene rings is 1. The summed E-state index contributed by atoms with van der Waals surface area (Å²) in [5.74, 6) is 0.0265. The summed E-state index contributed by atoms with van der Waals surface area (Å²) in [5, 5.41) is 3.35. The van der Waals surface area contributed by atoms with E-state index in [1.54, 1.807) is 0 Å². The van der Waals surface area contributed by atoms with E-state index >= 15 is 0 Å². The molecule has 0 heterocycles. The molecule has 0 radical (unpaired) electrons. The zero-order chi connectivity index (χ0) is 11.4. The lowest BCUT2D eigenvalue weighted by Crippen LogP contribution is -2.37. The van der Waals surface area contributed by atoms with Gasteiger partial charge in [0.15, 0.2) is 0 Å². The maximum Gasteiger partial charge on any atom is 0.251 e. The highest BCUT2D eigenvalue weighted by Crippen LogP contribution is 2.22. The van der Waals surface area contributed by atoms with Crippen molar-refractivity contribution in [1.82, 2.24) is 5.32 Å². The normalized spacial score (nSPS) is 25.1. The molecule has 1 aromatic carbocycles. The van der Waals surface area contributed by atoms with Crippen molar-refractivity contribution in [1.29, 1.82) is 0 Å². The second-order valence-electron chi connectivity index (χ2n) is 4.29. The summed E-state index contributed by atoms with van der Waals surface area (Å²) in [6, 6.07) is 9.64. The van der Waals surface area contributed by atoms with Crippen LogP contribution in [-0.2, 0) is 0 Å². The van der Waals surface area contributed by atoms with Crippen LogP contribution in [0, 0.1) is 0 Å². The maximum atomic E-state index is 11.9. The average molecular weight is 238 g/mol. The van der Waals surface area contributed by atoms with Gasteiger partial charge in [-0.1, -0.05) is 18.2 Å². The lowest BCUT2D eigenvalue weighted by atomic mass is 9.95. The zero-order valence-electron chi connectivity index (χ0n) is 9.16. The van der Waals surface area contributed by atoms with Gasteiger partial charge in [-0.25, -0.2) is 0 Å². The van der Waals surface area contributed by atoms with Gasteiger partial charge in [-0.2, -0.15) is 0 Å². The van der Waals surface area contributed by atoms with Gasteiger partial charge in [-0.3, -0.25) is 4.79 Å². The van der Waals surface area contributed by atoms with Gasteiger partial charge in [-0.15, -0.1) is 11.6 Å². The van der Waals surface area contributed by atoms with Gasteiger partial charge < -0.3 is 5.32 Å². The van der Waals surface area contributed by atoms with E-state index in [9.17, 15) is 4.79 Å².